The molecular formula is C16H21NO4. The summed E-state index contributed by atoms with van der Waals surface area (Å²) in [6.45, 7) is 2.55. The molecule has 0 saturated carbocycles. The van der Waals surface area contributed by atoms with Crippen LogP contribution in [0, 0.1) is 0 Å². The molecule has 0 saturated heterocycles. The van der Waals surface area contributed by atoms with Crippen molar-refractivity contribution in [2.45, 2.75) is 26.1 Å². The van der Waals surface area contributed by atoms with Gasteiger partial charge in [-0.1, -0.05) is 6.07 Å². The van der Waals surface area contributed by atoms with Crippen molar-refractivity contribution in [1.29, 1.82) is 0 Å². The number of ether oxygens (including phenoxy) is 2. The van der Waals surface area contributed by atoms with Crippen molar-refractivity contribution in [3.63, 3.8) is 0 Å². The van der Waals surface area contributed by atoms with Crippen LogP contribution in [-0.4, -0.2) is 19.3 Å². The largest absolute Gasteiger partial charge is 0.497 e. The van der Waals surface area contributed by atoms with Crippen LogP contribution in [0.2, 0.25) is 0 Å². The molecule has 0 fully saturated rings. The van der Waals surface area contributed by atoms with Gasteiger partial charge in [-0.15, -0.1) is 0 Å². The lowest BCUT2D eigenvalue weighted by atomic mass is 10.1. The minimum atomic E-state index is -0.0815. The van der Waals surface area contributed by atoms with E-state index in [-0.39, 0.29) is 12.6 Å². The molecule has 0 radical (unpaired) electrons. The Kier molecular flexibility index (Phi) is 5.25. The third-order valence-electron chi connectivity index (χ3n) is 3.36. The highest BCUT2D eigenvalue weighted by atomic mass is 16.5. The summed E-state index contributed by atoms with van der Waals surface area (Å²) in [6.07, 6.45) is 0. The second-order valence-corrected chi connectivity index (χ2v) is 4.74. The Labute approximate surface area is 124 Å². The summed E-state index contributed by atoms with van der Waals surface area (Å²) >= 11 is 0. The van der Waals surface area contributed by atoms with Crippen molar-refractivity contribution in [3.05, 3.63) is 47.4 Å². The van der Waals surface area contributed by atoms with E-state index >= 15 is 0 Å². The fourth-order valence-corrected chi connectivity index (χ4v) is 2.14. The molecule has 114 valence electrons. The number of hydrogen-bond donors (Lipinski definition) is 2. The van der Waals surface area contributed by atoms with E-state index in [1.165, 1.54) is 0 Å². The van der Waals surface area contributed by atoms with Gasteiger partial charge >= 0.3 is 0 Å². The fraction of sp³-hybridized carbons (Fsp3) is 0.375. The lowest BCUT2D eigenvalue weighted by molar-refractivity contribution is 0.242. The average Bonchev–Trinajstić information content (AvgIpc) is 3.00. The number of nitrogens with one attached hydrogen (secondary N) is 1. The van der Waals surface area contributed by atoms with Crippen molar-refractivity contribution in [2.24, 2.45) is 0 Å². The smallest absolute Gasteiger partial charge is 0.129 e. The van der Waals surface area contributed by atoms with E-state index in [4.69, 9.17) is 19.0 Å². The van der Waals surface area contributed by atoms with Crippen molar-refractivity contribution >= 4 is 0 Å². The monoisotopic (exact) mass is 291 g/mol. The van der Waals surface area contributed by atoms with Crippen LogP contribution in [0.15, 0.2) is 34.7 Å². The Hall–Kier alpha value is -1.98. The molecule has 1 aromatic heterocycles. The molecule has 0 aliphatic rings. The Morgan fingerprint density at radius 2 is 1.90 bits per heavy atom. The van der Waals surface area contributed by atoms with Gasteiger partial charge in [0, 0.05) is 17.7 Å². The number of methoxy groups -OCH3 is 2. The molecule has 0 amide bonds. The minimum absolute atomic E-state index is 0.0815. The van der Waals surface area contributed by atoms with Gasteiger partial charge in [0.2, 0.25) is 0 Å². The Morgan fingerprint density at radius 1 is 1.14 bits per heavy atom. The average molecular weight is 291 g/mol. The summed E-state index contributed by atoms with van der Waals surface area (Å²) in [6, 6.07) is 9.48. The maximum absolute atomic E-state index is 8.98. The van der Waals surface area contributed by atoms with E-state index in [2.05, 4.69) is 12.2 Å². The van der Waals surface area contributed by atoms with Crippen LogP contribution in [0.5, 0.6) is 11.5 Å². The Bertz CT molecular complexity index is 579. The summed E-state index contributed by atoms with van der Waals surface area (Å²) in [5.74, 6) is 2.91. The normalized spacial score (nSPS) is 12.2. The standard InChI is InChI=1S/C16H21NO4/c1-11(17-9-13-4-5-14(10-18)21-13)15-7-6-12(19-2)8-16(15)20-3/h4-8,11,17-18H,9-10H2,1-3H3. The van der Waals surface area contributed by atoms with Gasteiger partial charge in [-0.05, 0) is 25.1 Å². The Balaban J connectivity index is 2.04. The summed E-state index contributed by atoms with van der Waals surface area (Å²) in [5.41, 5.74) is 1.05. The van der Waals surface area contributed by atoms with Crippen molar-refractivity contribution < 1.29 is 19.0 Å². The van der Waals surface area contributed by atoms with E-state index in [0.717, 1.165) is 22.8 Å². The number of aliphatic hydroxyl groups excluding tert-OH is 1. The van der Waals surface area contributed by atoms with E-state index in [1.54, 1.807) is 20.3 Å². The number of furan rings is 1. The molecule has 5 heteroatoms. The SMILES string of the molecule is COc1ccc(C(C)NCc2ccc(CO)o2)c(OC)c1. The molecule has 1 unspecified atom stereocenters. The van der Waals surface area contributed by atoms with E-state index in [0.29, 0.717) is 12.3 Å². The van der Waals surface area contributed by atoms with Gasteiger partial charge in [-0.25, -0.2) is 0 Å². The molecule has 0 aliphatic carbocycles. The molecule has 2 aromatic rings. The minimum Gasteiger partial charge on any atom is -0.497 e. The lowest BCUT2D eigenvalue weighted by Gasteiger charge is -2.17. The molecule has 2 N–H and O–H groups in total. The molecule has 21 heavy (non-hydrogen) atoms. The fourth-order valence-electron chi connectivity index (χ4n) is 2.14. The molecule has 0 aliphatic heterocycles. The van der Waals surface area contributed by atoms with Crippen molar-refractivity contribution in [3.8, 4) is 11.5 Å². The second-order valence-electron chi connectivity index (χ2n) is 4.74. The maximum Gasteiger partial charge on any atom is 0.129 e. The molecule has 0 spiro atoms. The summed E-state index contributed by atoms with van der Waals surface area (Å²) < 4.78 is 16.1. The van der Waals surface area contributed by atoms with Gasteiger partial charge in [-0.2, -0.15) is 0 Å². The van der Waals surface area contributed by atoms with Crippen molar-refractivity contribution in [1.82, 2.24) is 5.32 Å². The van der Waals surface area contributed by atoms with E-state index in [1.807, 2.05) is 24.3 Å². The predicted octanol–water partition coefficient (Wildman–Crippen LogP) is 2.64. The third kappa shape index (κ3) is 3.77. The molecular weight excluding hydrogens is 270 g/mol. The van der Waals surface area contributed by atoms with Gasteiger partial charge in [0.1, 0.15) is 29.6 Å². The number of benzene rings is 1. The first-order valence-corrected chi connectivity index (χ1v) is 6.81. The van der Waals surface area contributed by atoms with E-state index < -0.39 is 0 Å². The molecule has 5 nitrogen and oxygen atoms in total. The zero-order valence-electron chi connectivity index (χ0n) is 12.6. The highest BCUT2D eigenvalue weighted by molar-refractivity contribution is 5.42. The van der Waals surface area contributed by atoms with Gasteiger partial charge in [0.25, 0.3) is 0 Å². The number of hydrogen-bond acceptors (Lipinski definition) is 5. The molecule has 2 rings (SSSR count). The van der Waals surface area contributed by atoms with Crippen LogP contribution in [0.25, 0.3) is 0 Å². The van der Waals surface area contributed by atoms with Crippen LogP contribution in [0.1, 0.15) is 30.0 Å². The summed E-state index contributed by atoms with van der Waals surface area (Å²) in [4.78, 5) is 0. The quantitative estimate of drug-likeness (QED) is 0.821. The highest BCUT2D eigenvalue weighted by Crippen LogP contribution is 2.29. The Morgan fingerprint density at radius 3 is 2.52 bits per heavy atom. The molecule has 0 bridgehead atoms. The van der Waals surface area contributed by atoms with Crippen LogP contribution >= 0.6 is 0 Å². The van der Waals surface area contributed by atoms with Gasteiger partial charge < -0.3 is 24.3 Å². The number of aliphatic hydroxyl groups is 1. The first-order valence-electron chi connectivity index (χ1n) is 6.81. The lowest BCUT2D eigenvalue weighted by Crippen LogP contribution is -2.18. The van der Waals surface area contributed by atoms with Crippen LogP contribution in [0.3, 0.4) is 0 Å². The second kappa shape index (κ2) is 7.15. The molecule has 1 atom stereocenters. The maximum atomic E-state index is 8.98. The summed E-state index contributed by atoms with van der Waals surface area (Å²) in [7, 11) is 3.27. The highest BCUT2D eigenvalue weighted by Gasteiger charge is 2.13. The molecule has 1 aromatic carbocycles. The van der Waals surface area contributed by atoms with Crippen LogP contribution < -0.4 is 14.8 Å². The zero-order chi connectivity index (χ0) is 15.2. The first-order chi connectivity index (χ1) is 10.2. The van der Waals surface area contributed by atoms with Gasteiger partial charge in [0.15, 0.2) is 0 Å². The van der Waals surface area contributed by atoms with Crippen LogP contribution in [-0.2, 0) is 13.2 Å². The topological polar surface area (TPSA) is 63.9 Å². The first kappa shape index (κ1) is 15.4. The van der Waals surface area contributed by atoms with Crippen molar-refractivity contribution in [2.75, 3.05) is 14.2 Å². The third-order valence-corrected chi connectivity index (χ3v) is 3.36. The zero-order valence-corrected chi connectivity index (χ0v) is 12.6. The van der Waals surface area contributed by atoms with E-state index in [9.17, 15) is 0 Å². The predicted molar refractivity (Wildman–Crippen MR) is 79.4 cm³/mol. The number of rotatable bonds is 7. The van der Waals surface area contributed by atoms with Crippen LogP contribution in [0.4, 0.5) is 0 Å². The van der Waals surface area contributed by atoms with Gasteiger partial charge in [-0.3, -0.25) is 0 Å². The van der Waals surface area contributed by atoms with Gasteiger partial charge in [0.05, 0.1) is 20.8 Å². The summed E-state index contributed by atoms with van der Waals surface area (Å²) in [5, 5.41) is 12.4. The molecule has 1 heterocycles.